The second-order valence-electron chi connectivity index (χ2n) is 6.95. The minimum absolute atomic E-state index is 0.304. The summed E-state index contributed by atoms with van der Waals surface area (Å²) in [5.41, 5.74) is 2.51. The minimum Gasteiger partial charge on any atom is -0.334 e. The molecule has 23 heavy (non-hydrogen) atoms. The molecule has 1 heterocycles. The fourth-order valence-electron chi connectivity index (χ4n) is 3.24. The Morgan fingerprint density at radius 3 is 2.26 bits per heavy atom. The fraction of sp³-hybridized carbons (Fsp3) is 0.632. The van der Waals surface area contributed by atoms with Crippen molar-refractivity contribution < 1.29 is 4.79 Å². The van der Waals surface area contributed by atoms with Crippen molar-refractivity contribution in [2.24, 2.45) is 0 Å². The van der Waals surface area contributed by atoms with Crippen LogP contribution in [0, 0.1) is 6.92 Å². The molecule has 3 rings (SSSR count). The summed E-state index contributed by atoms with van der Waals surface area (Å²) in [4.78, 5) is 19.7. The highest BCUT2D eigenvalue weighted by Gasteiger charge is 2.33. The molecular formula is C19H29N3O. The first-order valence-corrected chi connectivity index (χ1v) is 8.95. The summed E-state index contributed by atoms with van der Waals surface area (Å²) in [5, 5.41) is 0. The van der Waals surface area contributed by atoms with Crippen LogP contribution in [-0.2, 0) is 11.3 Å². The number of nitrogens with zero attached hydrogens (tertiary/aromatic N) is 3. The largest absolute Gasteiger partial charge is 0.334 e. The van der Waals surface area contributed by atoms with Gasteiger partial charge in [-0.3, -0.25) is 9.69 Å². The van der Waals surface area contributed by atoms with Crippen LogP contribution in [0.25, 0.3) is 0 Å². The molecule has 2 fully saturated rings. The van der Waals surface area contributed by atoms with E-state index in [0.717, 1.165) is 39.3 Å². The predicted octanol–water partition coefficient (Wildman–Crippen LogP) is 2.12. The van der Waals surface area contributed by atoms with Gasteiger partial charge in [-0.1, -0.05) is 36.8 Å². The van der Waals surface area contributed by atoms with Crippen molar-refractivity contribution in [3.8, 4) is 0 Å². The summed E-state index contributed by atoms with van der Waals surface area (Å²) in [6, 6.07) is 9.04. The molecule has 0 unspecified atom stereocenters. The Hall–Kier alpha value is -1.39. The molecule has 4 nitrogen and oxygen atoms in total. The van der Waals surface area contributed by atoms with E-state index >= 15 is 0 Å². The Balaban J connectivity index is 1.55. The van der Waals surface area contributed by atoms with Gasteiger partial charge in [0.05, 0.1) is 6.54 Å². The molecule has 4 heteroatoms. The van der Waals surface area contributed by atoms with Crippen molar-refractivity contribution in [3.05, 3.63) is 35.4 Å². The van der Waals surface area contributed by atoms with E-state index in [1.165, 1.54) is 24.0 Å². The van der Waals surface area contributed by atoms with Crippen LogP contribution >= 0.6 is 0 Å². The molecule has 1 aliphatic heterocycles. The first-order valence-electron chi connectivity index (χ1n) is 8.95. The van der Waals surface area contributed by atoms with Gasteiger partial charge in [0, 0.05) is 38.8 Å². The molecule has 0 N–H and O–H groups in total. The normalized spacial score (nSPS) is 19.7. The number of hydrogen-bond donors (Lipinski definition) is 0. The summed E-state index contributed by atoms with van der Waals surface area (Å²) < 4.78 is 0. The highest BCUT2D eigenvalue weighted by Crippen LogP contribution is 2.28. The molecule has 1 aromatic carbocycles. The van der Waals surface area contributed by atoms with Gasteiger partial charge in [0.25, 0.3) is 0 Å². The maximum Gasteiger partial charge on any atom is 0.237 e. The van der Waals surface area contributed by atoms with E-state index in [-0.39, 0.29) is 0 Å². The standard InChI is InChI=1S/C19H29N3O/c1-3-20-10-12-21(13-11-20)15-19(23)22(18-8-9-18)14-17-6-4-16(2)5-7-17/h4-7,18H,3,8-15H2,1-2H3. The first kappa shape index (κ1) is 16.5. The van der Waals surface area contributed by atoms with Crippen molar-refractivity contribution in [2.45, 2.75) is 39.3 Å². The lowest BCUT2D eigenvalue weighted by atomic mass is 10.1. The van der Waals surface area contributed by atoms with Gasteiger partial charge in [0.2, 0.25) is 5.91 Å². The van der Waals surface area contributed by atoms with Crippen molar-refractivity contribution in [1.82, 2.24) is 14.7 Å². The smallest absolute Gasteiger partial charge is 0.237 e. The highest BCUT2D eigenvalue weighted by molar-refractivity contribution is 5.79. The predicted molar refractivity (Wildman–Crippen MR) is 93.3 cm³/mol. The number of amides is 1. The third-order valence-electron chi connectivity index (χ3n) is 5.05. The average molecular weight is 315 g/mol. The van der Waals surface area contributed by atoms with Crippen molar-refractivity contribution in [1.29, 1.82) is 0 Å². The lowest BCUT2D eigenvalue weighted by molar-refractivity contribution is -0.134. The van der Waals surface area contributed by atoms with Crippen LogP contribution in [0.5, 0.6) is 0 Å². The van der Waals surface area contributed by atoms with E-state index < -0.39 is 0 Å². The lowest BCUT2D eigenvalue weighted by Gasteiger charge is -2.35. The van der Waals surface area contributed by atoms with E-state index in [9.17, 15) is 4.79 Å². The molecule has 1 saturated carbocycles. The third kappa shape index (κ3) is 4.55. The number of aryl methyl sites for hydroxylation is 1. The number of piperazine rings is 1. The second kappa shape index (κ2) is 7.45. The van der Waals surface area contributed by atoms with Gasteiger partial charge < -0.3 is 9.80 Å². The Labute approximate surface area is 140 Å². The van der Waals surface area contributed by atoms with Crippen LogP contribution in [0.2, 0.25) is 0 Å². The van der Waals surface area contributed by atoms with Crippen LogP contribution in [0.3, 0.4) is 0 Å². The average Bonchev–Trinajstić information content (AvgIpc) is 3.39. The summed E-state index contributed by atoms with van der Waals surface area (Å²) >= 11 is 0. The van der Waals surface area contributed by atoms with E-state index in [1.54, 1.807) is 0 Å². The van der Waals surface area contributed by atoms with Crippen LogP contribution < -0.4 is 0 Å². The molecule has 1 aliphatic carbocycles. The quantitative estimate of drug-likeness (QED) is 0.804. The molecule has 1 amide bonds. The third-order valence-corrected chi connectivity index (χ3v) is 5.05. The Kier molecular flexibility index (Phi) is 5.34. The van der Waals surface area contributed by atoms with Gasteiger partial charge in [-0.15, -0.1) is 0 Å². The molecule has 126 valence electrons. The Morgan fingerprint density at radius 2 is 1.70 bits per heavy atom. The number of carbonyl (C=O) groups excluding carboxylic acids is 1. The number of hydrogen-bond acceptors (Lipinski definition) is 3. The van der Waals surface area contributed by atoms with Gasteiger partial charge in [-0.05, 0) is 31.9 Å². The van der Waals surface area contributed by atoms with Crippen molar-refractivity contribution in [2.75, 3.05) is 39.3 Å². The molecule has 1 aromatic rings. The summed E-state index contributed by atoms with van der Waals surface area (Å²) in [7, 11) is 0. The van der Waals surface area contributed by atoms with Gasteiger partial charge in [0.15, 0.2) is 0 Å². The molecule has 0 aromatic heterocycles. The van der Waals surface area contributed by atoms with Crippen LogP contribution in [-0.4, -0.2) is 65.9 Å². The Bertz CT molecular complexity index is 516. The molecule has 1 saturated heterocycles. The van der Waals surface area contributed by atoms with E-state index in [4.69, 9.17) is 0 Å². The molecule has 0 bridgehead atoms. The summed E-state index contributed by atoms with van der Waals surface area (Å²) in [5.74, 6) is 0.304. The molecular weight excluding hydrogens is 286 g/mol. The van der Waals surface area contributed by atoms with E-state index in [0.29, 0.717) is 18.5 Å². The maximum absolute atomic E-state index is 12.8. The number of rotatable bonds is 6. The lowest BCUT2D eigenvalue weighted by Crippen LogP contribution is -2.50. The van der Waals surface area contributed by atoms with Gasteiger partial charge in [-0.2, -0.15) is 0 Å². The van der Waals surface area contributed by atoms with Gasteiger partial charge in [0.1, 0.15) is 0 Å². The van der Waals surface area contributed by atoms with E-state index in [2.05, 4.69) is 52.8 Å². The summed E-state index contributed by atoms with van der Waals surface area (Å²) in [6.45, 7) is 11.0. The van der Waals surface area contributed by atoms with Crippen molar-refractivity contribution >= 4 is 5.91 Å². The molecule has 2 aliphatic rings. The Morgan fingerprint density at radius 1 is 1.09 bits per heavy atom. The monoisotopic (exact) mass is 315 g/mol. The zero-order valence-corrected chi connectivity index (χ0v) is 14.5. The zero-order valence-electron chi connectivity index (χ0n) is 14.5. The maximum atomic E-state index is 12.8. The molecule has 0 atom stereocenters. The molecule has 0 spiro atoms. The fourth-order valence-corrected chi connectivity index (χ4v) is 3.24. The number of benzene rings is 1. The van der Waals surface area contributed by atoms with Crippen molar-refractivity contribution in [3.63, 3.8) is 0 Å². The van der Waals surface area contributed by atoms with Crippen LogP contribution in [0.15, 0.2) is 24.3 Å². The highest BCUT2D eigenvalue weighted by atomic mass is 16.2. The van der Waals surface area contributed by atoms with Gasteiger partial charge in [-0.25, -0.2) is 0 Å². The van der Waals surface area contributed by atoms with Crippen LogP contribution in [0.4, 0.5) is 0 Å². The van der Waals surface area contributed by atoms with E-state index in [1.807, 2.05) is 0 Å². The topological polar surface area (TPSA) is 26.8 Å². The molecule has 0 radical (unpaired) electrons. The minimum atomic E-state index is 0.304. The second-order valence-corrected chi connectivity index (χ2v) is 6.95. The number of carbonyl (C=O) groups is 1. The zero-order chi connectivity index (χ0) is 16.2. The number of likely N-dealkylation sites (N-methyl/N-ethyl adjacent to an activating group) is 1. The van der Waals surface area contributed by atoms with Crippen LogP contribution in [0.1, 0.15) is 30.9 Å². The first-order chi connectivity index (χ1) is 11.2. The van der Waals surface area contributed by atoms with Gasteiger partial charge >= 0.3 is 0 Å². The SMILES string of the molecule is CCN1CCN(CC(=O)N(Cc2ccc(C)cc2)C2CC2)CC1. The summed E-state index contributed by atoms with van der Waals surface area (Å²) in [6.07, 6.45) is 2.34.